The Morgan fingerprint density at radius 2 is 1.89 bits per heavy atom. The molecule has 2 nitrogen and oxygen atoms in total. The van der Waals surface area contributed by atoms with Crippen molar-refractivity contribution in [3.8, 4) is 0 Å². The number of hydrogen-bond donors (Lipinski definition) is 3. The fourth-order valence-corrected chi connectivity index (χ4v) is 1.95. The Bertz CT molecular complexity index is 412. The van der Waals surface area contributed by atoms with E-state index < -0.39 is 29.0 Å². The first-order valence-electron chi connectivity index (χ1n) is 5.11. The van der Waals surface area contributed by atoms with Crippen molar-refractivity contribution in [3.05, 3.63) is 34.3 Å². The summed E-state index contributed by atoms with van der Waals surface area (Å²) in [6.07, 6.45) is -6.98. The summed E-state index contributed by atoms with van der Waals surface area (Å²) in [6, 6.07) is 3.05. The first kappa shape index (κ1) is 15.6. The van der Waals surface area contributed by atoms with Gasteiger partial charge in [-0.3, -0.25) is 0 Å². The van der Waals surface area contributed by atoms with Gasteiger partial charge in [-0.1, -0.05) is 17.7 Å². The highest BCUT2D eigenvalue weighted by Gasteiger charge is 2.34. The van der Waals surface area contributed by atoms with Gasteiger partial charge in [0.05, 0.1) is 16.7 Å². The van der Waals surface area contributed by atoms with Gasteiger partial charge < -0.3 is 10.2 Å². The van der Waals surface area contributed by atoms with Gasteiger partial charge in [-0.2, -0.15) is 25.8 Å². The topological polar surface area (TPSA) is 40.5 Å². The van der Waals surface area contributed by atoms with E-state index in [1.165, 1.54) is 6.07 Å². The van der Waals surface area contributed by atoms with E-state index in [4.69, 9.17) is 11.6 Å². The van der Waals surface area contributed by atoms with Crippen LogP contribution in [0.4, 0.5) is 13.2 Å². The van der Waals surface area contributed by atoms with Gasteiger partial charge in [0.1, 0.15) is 6.10 Å². The van der Waals surface area contributed by atoms with Crippen LogP contribution in [0.5, 0.6) is 0 Å². The van der Waals surface area contributed by atoms with Gasteiger partial charge in [-0.05, 0) is 29.9 Å². The highest BCUT2D eigenvalue weighted by Crippen LogP contribution is 2.36. The van der Waals surface area contributed by atoms with Crippen LogP contribution in [0.25, 0.3) is 0 Å². The summed E-state index contributed by atoms with van der Waals surface area (Å²) < 4.78 is 37.8. The van der Waals surface area contributed by atoms with E-state index in [1.54, 1.807) is 0 Å². The van der Waals surface area contributed by atoms with Crippen LogP contribution in [0.3, 0.4) is 0 Å². The maximum atomic E-state index is 12.6. The predicted octanol–water partition coefficient (Wildman–Crippen LogP) is 3.07. The summed E-state index contributed by atoms with van der Waals surface area (Å²) in [7, 11) is 0. The van der Waals surface area contributed by atoms with Gasteiger partial charge in [0.2, 0.25) is 0 Å². The molecule has 102 valence electrons. The molecule has 1 rings (SSSR count). The lowest BCUT2D eigenvalue weighted by Gasteiger charge is -2.19. The van der Waals surface area contributed by atoms with Crippen molar-refractivity contribution < 1.29 is 23.4 Å². The number of alkyl halides is 3. The van der Waals surface area contributed by atoms with Crippen LogP contribution in [-0.2, 0) is 6.18 Å². The first-order chi connectivity index (χ1) is 8.27. The third-order valence-electron chi connectivity index (χ3n) is 2.43. The molecule has 0 radical (unpaired) electrons. The van der Waals surface area contributed by atoms with E-state index in [2.05, 4.69) is 12.6 Å². The van der Waals surface area contributed by atoms with Crippen molar-refractivity contribution in [1.82, 2.24) is 0 Å². The summed E-state index contributed by atoms with van der Waals surface area (Å²) in [6.45, 7) is 0. The minimum Gasteiger partial charge on any atom is -0.390 e. The van der Waals surface area contributed by atoms with Crippen LogP contribution in [0.1, 0.15) is 23.7 Å². The molecule has 2 unspecified atom stereocenters. The second-order valence-electron chi connectivity index (χ2n) is 3.76. The number of benzene rings is 1. The molecule has 0 aliphatic carbocycles. The fourth-order valence-electron chi connectivity index (χ4n) is 1.46. The maximum Gasteiger partial charge on any atom is 0.417 e. The molecule has 0 aliphatic heterocycles. The summed E-state index contributed by atoms with van der Waals surface area (Å²) >= 11 is 9.33. The zero-order chi connectivity index (χ0) is 13.9. The molecule has 1 aromatic rings. The summed E-state index contributed by atoms with van der Waals surface area (Å²) in [5, 5.41) is 18.8. The van der Waals surface area contributed by atoms with E-state index in [-0.39, 0.29) is 12.0 Å². The Kier molecular flexibility index (Phi) is 5.33. The van der Waals surface area contributed by atoms with Crippen LogP contribution in [0.2, 0.25) is 5.02 Å². The first-order valence-corrected chi connectivity index (χ1v) is 6.12. The third-order valence-corrected chi connectivity index (χ3v) is 3.01. The van der Waals surface area contributed by atoms with Crippen LogP contribution in [0, 0.1) is 0 Å². The third kappa shape index (κ3) is 3.78. The standard InChI is InChI=1S/C11H12ClF3O2S/c12-8-2-1-6(5-7(8)11(13,14)15)10(17)9(16)3-4-18/h1-2,5,9-10,16-18H,3-4H2. The lowest BCUT2D eigenvalue weighted by Crippen LogP contribution is -2.19. The smallest absolute Gasteiger partial charge is 0.390 e. The van der Waals surface area contributed by atoms with Gasteiger partial charge in [-0.25, -0.2) is 0 Å². The van der Waals surface area contributed by atoms with Crippen molar-refractivity contribution in [3.63, 3.8) is 0 Å². The van der Waals surface area contributed by atoms with Crippen LogP contribution < -0.4 is 0 Å². The Hall–Kier alpha value is -0.430. The second kappa shape index (κ2) is 6.14. The number of rotatable bonds is 4. The zero-order valence-electron chi connectivity index (χ0n) is 9.15. The minimum atomic E-state index is -4.60. The Morgan fingerprint density at radius 3 is 2.39 bits per heavy atom. The maximum absolute atomic E-state index is 12.6. The lowest BCUT2D eigenvalue weighted by molar-refractivity contribution is -0.137. The fraction of sp³-hybridized carbons (Fsp3) is 0.455. The van der Waals surface area contributed by atoms with Crippen LogP contribution >= 0.6 is 24.2 Å². The van der Waals surface area contributed by atoms with Gasteiger partial charge in [0.25, 0.3) is 0 Å². The van der Waals surface area contributed by atoms with Crippen molar-refractivity contribution in [1.29, 1.82) is 0 Å². The second-order valence-corrected chi connectivity index (χ2v) is 4.62. The molecule has 0 fully saturated rings. The zero-order valence-corrected chi connectivity index (χ0v) is 10.8. The number of aliphatic hydroxyl groups is 2. The summed E-state index contributed by atoms with van der Waals surface area (Å²) in [4.78, 5) is 0. The molecular weight excluding hydrogens is 289 g/mol. The molecule has 0 aliphatic rings. The molecule has 18 heavy (non-hydrogen) atoms. The average molecular weight is 301 g/mol. The van der Waals surface area contributed by atoms with Gasteiger partial charge in [0, 0.05) is 0 Å². The van der Waals surface area contributed by atoms with Crippen LogP contribution in [0.15, 0.2) is 18.2 Å². The normalized spacial score (nSPS) is 15.5. The largest absolute Gasteiger partial charge is 0.417 e. The number of thiol groups is 1. The van der Waals surface area contributed by atoms with Crippen molar-refractivity contribution in [2.45, 2.75) is 24.8 Å². The molecule has 0 saturated carbocycles. The van der Waals surface area contributed by atoms with E-state index >= 15 is 0 Å². The van der Waals surface area contributed by atoms with E-state index in [1.807, 2.05) is 0 Å². The molecule has 7 heteroatoms. The van der Waals surface area contributed by atoms with Gasteiger partial charge >= 0.3 is 6.18 Å². The van der Waals surface area contributed by atoms with E-state index in [9.17, 15) is 23.4 Å². The number of aliphatic hydroxyl groups excluding tert-OH is 2. The monoisotopic (exact) mass is 300 g/mol. The summed E-state index contributed by atoms with van der Waals surface area (Å²) in [5.41, 5.74) is -1.06. The van der Waals surface area contributed by atoms with Crippen molar-refractivity contribution in [2.75, 3.05) is 5.75 Å². The molecule has 2 atom stereocenters. The quantitative estimate of drug-likeness (QED) is 0.748. The molecule has 0 bridgehead atoms. The van der Waals surface area contributed by atoms with Gasteiger partial charge in [-0.15, -0.1) is 0 Å². The molecule has 0 heterocycles. The molecule has 0 spiro atoms. The van der Waals surface area contributed by atoms with Crippen LogP contribution in [-0.4, -0.2) is 22.1 Å². The minimum absolute atomic E-state index is 0.0268. The van der Waals surface area contributed by atoms with Crippen molar-refractivity contribution in [2.24, 2.45) is 0 Å². The Balaban J connectivity index is 3.05. The SMILES string of the molecule is OC(CCS)C(O)c1ccc(Cl)c(C(F)(F)F)c1. The Labute approximate surface area is 113 Å². The molecule has 2 N–H and O–H groups in total. The molecule has 0 aromatic heterocycles. The highest BCUT2D eigenvalue weighted by atomic mass is 35.5. The lowest BCUT2D eigenvalue weighted by atomic mass is 10.0. The number of hydrogen-bond acceptors (Lipinski definition) is 3. The highest BCUT2D eigenvalue weighted by molar-refractivity contribution is 7.80. The predicted molar refractivity (Wildman–Crippen MR) is 65.9 cm³/mol. The molecule has 0 saturated heterocycles. The molecule has 0 amide bonds. The Morgan fingerprint density at radius 1 is 1.28 bits per heavy atom. The van der Waals surface area contributed by atoms with Gasteiger partial charge in [0.15, 0.2) is 0 Å². The molecular formula is C11H12ClF3O2S. The average Bonchev–Trinajstić information content (AvgIpc) is 2.27. The van der Waals surface area contributed by atoms with Crippen molar-refractivity contribution >= 4 is 24.2 Å². The number of halogens is 4. The molecule has 1 aromatic carbocycles. The summed E-state index contributed by atoms with van der Waals surface area (Å²) in [5.74, 6) is 0.317. The van der Waals surface area contributed by atoms with E-state index in [0.29, 0.717) is 5.75 Å². The van der Waals surface area contributed by atoms with E-state index in [0.717, 1.165) is 12.1 Å².